The molecule has 10 heteroatoms. The number of pyridine rings is 1. The maximum atomic E-state index is 12.8. The van der Waals surface area contributed by atoms with Gasteiger partial charge in [0.05, 0.1) is 41.7 Å². The molecule has 0 aliphatic heterocycles. The highest BCUT2D eigenvalue weighted by Crippen LogP contribution is 2.34. The quantitative estimate of drug-likeness (QED) is 0.111. The summed E-state index contributed by atoms with van der Waals surface area (Å²) < 4.78 is 20.5. The summed E-state index contributed by atoms with van der Waals surface area (Å²) in [7, 11) is 5.01. The van der Waals surface area contributed by atoms with Crippen molar-refractivity contribution in [1.82, 2.24) is 24.4 Å². The number of carbonyl (C=O) groups excluding carboxylic acids is 2. The number of hydrogen-bond donors (Lipinski definition) is 1. The molecule has 0 saturated heterocycles. The van der Waals surface area contributed by atoms with E-state index < -0.39 is 12.1 Å². The highest BCUT2D eigenvalue weighted by atomic mass is 16.5. The number of imidazole rings is 1. The zero-order valence-electron chi connectivity index (χ0n) is 25.8. The van der Waals surface area contributed by atoms with Crippen LogP contribution in [0, 0.1) is 0 Å². The standard InChI is InChI=1S/C33H41N5O5/c1-9-11-12-16-38-26(18-22-14-15-24(35-30(22)38)21(5)34-32(39)27(41-7)13-10-2)31-36-25-17-23(33(40)43-20(3)4)19-28(42-8)29(25)37(31)6/h9-10,14-15,17-21,27H,1-2,11-13,16H2,3-8H3,(H,34,39). The van der Waals surface area contributed by atoms with Gasteiger partial charge in [-0.1, -0.05) is 12.2 Å². The van der Waals surface area contributed by atoms with E-state index in [1.807, 2.05) is 50.6 Å². The first-order valence-electron chi connectivity index (χ1n) is 14.4. The summed E-state index contributed by atoms with van der Waals surface area (Å²) in [5.74, 6) is 0.582. The molecule has 2 atom stereocenters. The van der Waals surface area contributed by atoms with Crippen LogP contribution in [0.5, 0.6) is 5.75 Å². The molecule has 228 valence electrons. The van der Waals surface area contributed by atoms with Gasteiger partial charge in [0.1, 0.15) is 23.0 Å². The molecule has 0 saturated carbocycles. The van der Waals surface area contributed by atoms with Gasteiger partial charge in [-0.05, 0) is 63.9 Å². The largest absolute Gasteiger partial charge is 0.494 e. The van der Waals surface area contributed by atoms with Gasteiger partial charge in [0.15, 0.2) is 5.82 Å². The second-order valence-corrected chi connectivity index (χ2v) is 10.7. The Bertz CT molecular complexity index is 1650. The zero-order chi connectivity index (χ0) is 31.3. The molecule has 1 aromatic carbocycles. The van der Waals surface area contributed by atoms with E-state index in [0.717, 1.165) is 40.8 Å². The van der Waals surface area contributed by atoms with Crippen molar-refractivity contribution in [3.63, 3.8) is 0 Å². The Morgan fingerprint density at radius 3 is 2.49 bits per heavy atom. The number of nitrogens with one attached hydrogen (secondary N) is 1. The van der Waals surface area contributed by atoms with Crippen LogP contribution in [0.4, 0.5) is 0 Å². The third-order valence-electron chi connectivity index (χ3n) is 7.28. The maximum Gasteiger partial charge on any atom is 0.338 e. The van der Waals surface area contributed by atoms with Crippen LogP contribution >= 0.6 is 0 Å². The normalized spacial score (nSPS) is 12.8. The number of allylic oxidation sites excluding steroid dienone is 1. The molecule has 1 amide bonds. The molecule has 0 bridgehead atoms. The van der Waals surface area contributed by atoms with Crippen LogP contribution in [0.25, 0.3) is 33.6 Å². The Morgan fingerprint density at radius 1 is 1.07 bits per heavy atom. The Morgan fingerprint density at radius 2 is 1.84 bits per heavy atom. The maximum absolute atomic E-state index is 12.8. The molecule has 0 aliphatic rings. The molecule has 0 fully saturated rings. The van der Waals surface area contributed by atoms with E-state index in [1.54, 1.807) is 25.3 Å². The number of benzene rings is 1. The van der Waals surface area contributed by atoms with Gasteiger partial charge < -0.3 is 28.7 Å². The van der Waals surface area contributed by atoms with E-state index in [-0.39, 0.29) is 18.1 Å². The molecule has 4 rings (SSSR count). The summed E-state index contributed by atoms with van der Waals surface area (Å²) in [4.78, 5) is 35.4. The van der Waals surface area contributed by atoms with Gasteiger partial charge in [0, 0.05) is 32.5 Å². The molecular weight excluding hydrogens is 546 g/mol. The van der Waals surface area contributed by atoms with E-state index in [1.165, 1.54) is 7.11 Å². The van der Waals surface area contributed by atoms with E-state index in [4.69, 9.17) is 24.2 Å². The molecule has 0 radical (unpaired) electrons. The fourth-order valence-corrected chi connectivity index (χ4v) is 5.13. The van der Waals surface area contributed by atoms with Crippen LogP contribution in [0.15, 0.2) is 55.6 Å². The molecule has 2 unspecified atom stereocenters. The number of nitrogens with zero attached hydrogens (tertiary/aromatic N) is 4. The number of aryl methyl sites for hydroxylation is 2. The van der Waals surface area contributed by atoms with Gasteiger partial charge in [-0.3, -0.25) is 4.79 Å². The van der Waals surface area contributed by atoms with Gasteiger partial charge in [-0.2, -0.15) is 0 Å². The summed E-state index contributed by atoms with van der Waals surface area (Å²) in [6.07, 6.45) is 4.81. The Hall–Kier alpha value is -4.44. The Labute approximate surface area is 252 Å². The second kappa shape index (κ2) is 13.7. The minimum atomic E-state index is -0.611. The molecule has 10 nitrogen and oxygen atoms in total. The van der Waals surface area contributed by atoms with Gasteiger partial charge in [-0.25, -0.2) is 14.8 Å². The lowest BCUT2D eigenvalue weighted by atomic mass is 10.1. The van der Waals surface area contributed by atoms with Crippen LogP contribution in [0.3, 0.4) is 0 Å². The van der Waals surface area contributed by atoms with Crippen molar-refractivity contribution in [2.45, 2.75) is 64.8 Å². The third kappa shape index (κ3) is 6.64. The van der Waals surface area contributed by atoms with Crippen molar-refractivity contribution >= 4 is 33.9 Å². The Balaban J connectivity index is 1.81. The number of hydrogen-bond acceptors (Lipinski definition) is 7. The molecule has 1 N–H and O–H groups in total. The zero-order valence-corrected chi connectivity index (χ0v) is 25.8. The summed E-state index contributed by atoms with van der Waals surface area (Å²) in [6, 6.07) is 9.07. The van der Waals surface area contributed by atoms with E-state index in [0.29, 0.717) is 35.6 Å². The lowest BCUT2D eigenvalue weighted by Crippen LogP contribution is -2.37. The van der Waals surface area contributed by atoms with Crippen LogP contribution in [-0.2, 0) is 27.9 Å². The second-order valence-electron chi connectivity index (χ2n) is 10.7. The average Bonchev–Trinajstić information content (AvgIpc) is 3.51. The van der Waals surface area contributed by atoms with Gasteiger partial charge >= 0.3 is 5.97 Å². The van der Waals surface area contributed by atoms with Gasteiger partial charge in [-0.15, -0.1) is 13.2 Å². The molecule has 43 heavy (non-hydrogen) atoms. The first-order valence-corrected chi connectivity index (χ1v) is 14.4. The number of esters is 1. The topological polar surface area (TPSA) is 110 Å². The lowest BCUT2D eigenvalue weighted by molar-refractivity contribution is -0.131. The van der Waals surface area contributed by atoms with Crippen LogP contribution in [-0.4, -0.2) is 57.4 Å². The van der Waals surface area contributed by atoms with E-state index in [9.17, 15) is 9.59 Å². The number of amides is 1. The smallest absolute Gasteiger partial charge is 0.338 e. The Kier molecular flexibility index (Phi) is 10.0. The third-order valence-corrected chi connectivity index (χ3v) is 7.28. The van der Waals surface area contributed by atoms with Crippen molar-refractivity contribution in [3.05, 3.63) is 66.9 Å². The number of ether oxygens (including phenoxy) is 3. The first kappa shape index (κ1) is 31.5. The van der Waals surface area contributed by atoms with Crippen LogP contribution < -0.4 is 10.1 Å². The SMILES string of the molecule is C=CCCCn1c(-c2nc3cc(C(=O)OC(C)C)cc(OC)c3n2C)cc2ccc(C(C)NC(=O)C(CC=C)OC)nc21. The number of unbranched alkanes of at least 4 members (excludes halogenated alkanes) is 1. The summed E-state index contributed by atoms with van der Waals surface area (Å²) in [6.45, 7) is 13.8. The molecule has 3 heterocycles. The van der Waals surface area contributed by atoms with Crippen LogP contribution in [0.2, 0.25) is 0 Å². The van der Waals surface area contributed by atoms with E-state index >= 15 is 0 Å². The number of methoxy groups -OCH3 is 2. The average molecular weight is 588 g/mol. The summed E-state index contributed by atoms with van der Waals surface area (Å²) in [5, 5.41) is 3.95. The van der Waals surface area contributed by atoms with Crippen molar-refractivity contribution in [2.75, 3.05) is 14.2 Å². The van der Waals surface area contributed by atoms with Crippen molar-refractivity contribution < 1.29 is 23.8 Å². The number of carbonyl (C=O) groups is 2. The van der Waals surface area contributed by atoms with Gasteiger partial charge in [0.25, 0.3) is 0 Å². The minimum absolute atomic E-state index is 0.218. The summed E-state index contributed by atoms with van der Waals surface area (Å²) >= 11 is 0. The van der Waals surface area contributed by atoms with E-state index in [2.05, 4.69) is 29.1 Å². The lowest BCUT2D eigenvalue weighted by Gasteiger charge is -2.18. The molecule has 4 aromatic rings. The molecule has 0 spiro atoms. The number of aromatic nitrogens is 4. The predicted molar refractivity (Wildman–Crippen MR) is 168 cm³/mol. The van der Waals surface area contributed by atoms with Crippen molar-refractivity contribution in [3.8, 4) is 17.3 Å². The highest BCUT2D eigenvalue weighted by Gasteiger charge is 2.24. The number of fused-ring (bicyclic) bond motifs is 2. The van der Waals surface area contributed by atoms with Crippen molar-refractivity contribution in [2.24, 2.45) is 7.05 Å². The predicted octanol–water partition coefficient (Wildman–Crippen LogP) is 5.90. The molecule has 0 aliphatic carbocycles. The first-order chi connectivity index (χ1) is 20.6. The van der Waals surface area contributed by atoms with Gasteiger partial charge in [0.2, 0.25) is 5.91 Å². The van der Waals surface area contributed by atoms with Crippen LogP contribution in [0.1, 0.15) is 62.1 Å². The molecular formula is C33H41N5O5. The summed E-state index contributed by atoms with van der Waals surface area (Å²) in [5.41, 5.74) is 4.14. The minimum Gasteiger partial charge on any atom is -0.494 e. The highest BCUT2D eigenvalue weighted by molar-refractivity contribution is 5.97. The van der Waals surface area contributed by atoms with Crippen molar-refractivity contribution in [1.29, 1.82) is 0 Å². The fourth-order valence-electron chi connectivity index (χ4n) is 5.13. The number of rotatable bonds is 14. The molecule has 3 aromatic heterocycles. The fraction of sp³-hybridized carbons (Fsp3) is 0.394. The monoisotopic (exact) mass is 587 g/mol.